The first-order valence-electron chi connectivity index (χ1n) is 5.99. The van der Waals surface area contributed by atoms with E-state index in [2.05, 4.69) is 5.32 Å². The zero-order valence-electron chi connectivity index (χ0n) is 10.4. The molecule has 2 aromatic carbocycles. The van der Waals surface area contributed by atoms with Crippen molar-refractivity contribution in [1.29, 1.82) is 0 Å². The zero-order valence-corrected chi connectivity index (χ0v) is 12.7. The predicted octanol–water partition coefficient (Wildman–Crippen LogP) is 4.70. The maximum absolute atomic E-state index is 12.2. The molecule has 0 aliphatic rings. The SMILES string of the molecule is O=C(NC(CCl)c1ccccc1)c1cccc(Cl)c1Cl. The number of carbonyl (C=O) groups excluding carboxylic acids is 1. The summed E-state index contributed by atoms with van der Waals surface area (Å²) in [6.07, 6.45) is 0. The Morgan fingerprint density at radius 3 is 2.40 bits per heavy atom. The van der Waals surface area contributed by atoms with E-state index in [0.29, 0.717) is 10.6 Å². The van der Waals surface area contributed by atoms with Crippen molar-refractivity contribution in [3.8, 4) is 0 Å². The highest BCUT2D eigenvalue weighted by Crippen LogP contribution is 2.26. The highest BCUT2D eigenvalue weighted by molar-refractivity contribution is 6.43. The van der Waals surface area contributed by atoms with Gasteiger partial charge in [0.1, 0.15) is 0 Å². The van der Waals surface area contributed by atoms with Crippen LogP contribution in [0.15, 0.2) is 48.5 Å². The topological polar surface area (TPSA) is 29.1 Å². The van der Waals surface area contributed by atoms with Gasteiger partial charge in [-0.05, 0) is 17.7 Å². The van der Waals surface area contributed by atoms with Crippen molar-refractivity contribution >= 4 is 40.7 Å². The van der Waals surface area contributed by atoms with Crippen molar-refractivity contribution in [2.24, 2.45) is 0 Å². The molecule has 0 aromatic heterocycles. The molecule has 0 heterocycles. The number of carbonyl (C=O) groups is 1. The monoisotopic (exact) mass is 327 g/mol. The van der Waals surface area contributed by atoms with Crippen molar-refractivity contribution in [3.63, 3.8) is 0 Å². The fraction of sp³-hybridized carbons (Fsp3) is 0.133. The molecule has 0 aliphatic carbocycles. The second-order valence-corrected chi connectivity index (χ2v) is 5.29. The summed E-state index contributed by atoms with van der Waals surface area (Å²) in [7, 11) is 0. The summed E-state index contributed by atoms with van der Waals surface area (Å²) in [6.45, 7) is 0. The van der Waals surface area contributed by atoms with E-state index < -0.39 is 0 Å². The van der Waals surface area contributed by atoms with Gasteiger partial charge >= 0.3 is 0 Å². The van der Waals surface area contributed by atoms with Gasteiger partial charge in [-0.25, -0.2) is 0 Å². The van der Waals surface area contributed by atoms with Crippen LogP contribution < -0.4 is 5.32 Å². The fourth-order valence-corrected chi connectivity index (χ4v) is 2.45. The molecule has 20 heavy (non-hydrogen) atoms. The molecule has 0 radical (unpaired) electrons. The molecule has 2 aromatic rings. The van der Waals surface area contributed by atoms with E-state index in [1.807, 2.05) is 30.3 Å². The molecule has 0 spiro atoms. The molecular weight excluding hydrogens is 317 g/mol. The molecule has 0 saturated heterocycles. The van der Waals surface area contributed by atoms with Crippen LogP contribution in [0.1, 0.15) is 22.0 Å². The number of hydrogen-bond donors (Lipinski definition) is 1. The zero-order chi connectivity index (χ0) is 14.5. The molecule has 1 N–H and O–H groups in total. The van der Waals surface area contributed by atoms with Gasteiger partial charge in [-0.3, -0.25) is 4.79 Å². The van der Waals surface area contributed by atoms with Crippen LogP contribution >= 0.6 is 34.8 Å². The van der Waals surface area contributed by atoms with E-state index in [0.717, 1.165) is 5.56 Å². The molecule has 1 atom stereocenters. The molecule has 5 heteroatoms. The van der Waals surface area contributed by atoms with Crippen molar-refractivity contribution in [3.05, 3.63) is 69.7 Å². The van der Waals surface area contributed by atoms with Crippen LogP contribution in [0.2, 0.25) is 10.0 Å². The minimum absolute atomic E-state index is 0.244. The van der Waals surface area contributed by atoms with Crippen LogP contribution in [-0.2, 0) is 0 Å². The molecule has 1 unspecified atom stereocenters. The van der Waals surface area contributed by atoms with Crippen molar-refractivity contribution in [1.82, 2.24) is 5.32 Å². The van der Waals surface area contributed by atoms with E-state index in [1.54, 1.807) is 18.2 Å². The summed E-state index contributed by atoms with van der Waals surface area (Å²) in [5, 5.41) is 3.45. The number of nitrogens with one attached hydrogen (secondary N) is 1. The maximum atomic E-state index is 12.2. The lowest BCUT2D eigenvalue weighted by Crippen LogP contribution is -2.29. The highest BCUT2D eigenvalue weighted by atomic mass is 35.5. The molecule has 0 aliphatic heterocycles. The third-order valence-electron chi connectivity index (χ3n) is 2.86. The minimum atomic E-state index is -0.299. The maximum Gasteiger partial charge on any atom is 0.253 e. The van der Waals surface area contributed by atoms with Gasteiger partial charge < -0.3 is 5.32 Å². The first kappa shape index (κ1) is 15.2. The van der Waals surface area contributed by atoms with Crippen LogP contribution in [0.4, 0.5) is 0 Å². The summed E-state index contributed by atoms with van der Waals surface area (Å²) < 4.78 is 0. The second kappa shape index (κ2) is 6.98. The number of alkyl halides is 1. The average Bonchev–Trinajstić information content (AvgIpc) is 2.48. The summed E-state index contributed by atoms with van der Waals surface area (Å²) in [6, 6.07) is 14.2. The number of rotatable bonds is 4. The lowest BCUT2D eigenvalue weighted by Gasteiger charge is -2.17. The van der Waals surface area contributed by atoms with E-state index in [-0.39, 0.29) is 22.9 Å². The molecular formula is C15H12Cl3NO. The average molecular weight is 329 g/mol. The summed E-state index contributed by atoms with van der Waals surface area (Å²) in [4.78, 5) is 12.2. The highest BCUT2D eigenvalue weighted by Gasteiger charge is 2.17. The number of amides is 1. The van der Waals surface area contributed by atoms with Crippen LogP contribution in [0.3, 0.4) is 0 Å². The lowest BCUT2D eigenvalue weighted by molar-refractivity contribution is 0.0940. The van der Waals surface area contributed by atoms with E-state index in [9.17, 15) is 4.79 Å². The summed E-state index contributed by atoms with van der Waals surface area (Å²) >= 11 is 17.9. The van der Waals surface area contributed by atoms with E-state index >= 15 is 0 Å². The van der Waals surface area contributed by atoms with Crippen molar-refractivity contribution in [2.75, 3.05) is 5.88 Å². The van der Waals surface area contributed by atoms with E-state index in [4.69, 9.17) is 34.8 Å². The molecule has 2 rings (SSSR count). The molecule has 2 nitrogen and oxygen atoms in total. The van der Waals surface area contributed by atoms with Gasteiger partial charge in [0.25, 0.3) is 5.91 Å². The lowest BCUT2D eigenvalue weighted by atomic mass is 10.1. The van der Waals surface area contributed by atoms with Gasteiger partial charge in [-0.1, -0.05) is 59.6 Å². The van der Waals surface area contributed by atoms with Crippen LogP contribution in [-0.4, -0.2) is 11.8 Å². The Kier molecular flexibility index (Phi) is 5.30. The van der Waals surface area contributed by atoms with Crippen LogP contribution in [0.25, 0.3) is 0 Å². The Morgan fingerprint density at radius 2 is 1.75 bits per heavy atom. The number of halogens is 3. The number of benzene rings is 2. The largest absolute Gasteiger partial charge is 0.344 e. The van der Waals surface area contributed by atoms with Gasteiger partial charge in [-0.2, -0.15) is 0 Å². The third-order valence-corrected chi connectivity index (χ3v) is 3.99. The summed E-state index contributed by atoms with van der Waals surface area (Å²) in [5.41, 5.74) is 1.28. The minimum Gasteiger partial charge on any atom is -0.344 e. The predicted molar refractivity (Wildman–Crippen MR) is 83.8 cm³/mol. The van der Waals surface area contributed by atoms with Gasteiger partial charge in [0.05, 0.1) is 21.7 Å². The standard InChI is InChI=1S/C15H12Cl3NO/c16-9-13(10-5-2-1-3-6-10)19-15(20)11-7-4-8-12(17)14(11)18/h1-8,13H,9H2,(H,19,20). The first-order valence-corrected chi connectivity index (χ1v) is 7.28. The van der Waals surface area contributed by atoms with Crippen molar-refractivity contribution < 1.29 is 4.79 Å². The second-order valence-electron chi connectivity index (χ2n) is 4.19. The molecule has 104 valence electrons. The van der Waals surface area contributed by atoms with Crippen LogP contribution in [0, 0.1) is 0 Å². The Bertz CT molecular complexity index is 601. The first-order chi connectivity index (χ1) is 9.63. The number of hydrogen-bond acceptors (Lipinski definition) is 1. The fourth-order valence-electron chi connectivity index (χ4n) is 1.81. The Morgan fingerprint density at radius 1 is 1.05 bits per heavy atom. The van der Waals surface area contributed by atoms with E-state index in [1.165, 1.54) is 0 Å². The van der Waals surface area contributed by atoms with Crippen LogP contribution in [0.5, 0.6) is 0 Å². The van der Waals surface area contributed by atoms with Gasteiger partial charge in [0.2, 0.25) is 0 Å². The Hall–Kier alpha value is -1.22. The smallest absolute Gasteiger partial charge is 0.253 e. The molecule has 0 fully saturated rings. The van der Waals surface area contributed by atoms with Gasteiger partial charge in [-0.15, -0.1) is 11.6 Å². The molecule has 1 amide bonds. The Labute approximate surface area is 132 Å². The summed E-state index contributed by atoms with van der Waals surface area (Å²) in [5.74, 6) is -0.0273. The van der Waals surface area contributed by atoms with Gasteiger partial charge in [0, 0.05) is 5.88 Å². The van der Waals surface area contributed by atoms with Gasteiger partial charge in [0.15, 0.2) is 0 Å². The normalized spacial score (nSPS) is 11.9. The molecule has 0 bridgehead atoms. The Balaban J connectivity index is 2.20. The third kappa shape index (κ3) is 3.45. The van der Waals surface area contributed by atoms with Crippen molar-refractivity contribution in [2.45, 2.75) is 6.04 Å². The quantitative estimate of drug-likeness (QED) is 0.810. The molecule has 0 saturated carbocycles.